The van der Waals surface area contributed by atoms with E-state index in [4.69, 9.17) is 0 Å². The molecule has 0 aliphatic carbocycles. The van der Waals surface area contributed by atoms with Crippen LogP contribution in [0.4, 0.5) is 0 Å². The van der Waals surface area contributed by atoms with Gasteiger partial charge in [0.05, 0.1) is 0 Å². The minimum atomic E-state index is -2.95. The molecular formula is C32H30O2P2. The van der Waals surface area contributed by atoms with Crippen molar-refractivity contribution in [2.24, 2.45) is 0 Å². The standard InChI is InChI=1S/C32H30O2P2/c1-3-4-14-27(2)35(33,30-15-8-5-9-16-30)25-28-21-23-29(24-22-28)26-36(34,31-17-10-6-11-18-31)32-19-12-7-13-20-32/h3-24H,1-2,25-26H2/b14-4-. The maximum atomic E-state index is 14.4. The lowest BCUT2D eigenvalue weighted by Gasteiger charge is -2.21. The van der Waals surface area contributed by atoms with Gasteiger partial charge in [-0.2, -0.15) is 0 Å². The zero-order valence-corrected chi connectivity index (χ0v) is 22.0. The van der Waals surface area contributed by atoms with Crippen LogP contribution in [0.1, 0.15) is 11.1 Å². The first kappa shape index (κ1) is 25.6. The Kier molecular flexibility index (Phi) is 8.21. The Balaban J connectivity index is 1.64. The summed E-state index contributed by atoms with van der Waals surface area (Å²) in [5.74, 6) is 0. The zero-order valence-electron chi connectivity index (χ0n) is 20.2. The molecule has 2 nitrogen and oxygen atoms in total. The number of allylic oxidation sites excluding steroid dienone is 4. The Labute approximate surface area is 214 Å². The fourth-order valence-electron chi connectivity index (χ4n) is 4.26. The third-order valence-electron chi connectivity index (χ3n) is 6.24. The summed E-state index contributed by atoms with van der Waals surface area (Å²) < 4.78 is 28.6. The summed E-state index contributed by atoms with van der Waals surface area (Å²) in [6, 6.07) is 36.9. The molecule has 1 atom stereocenters. The lowest BCUT2D eigenvalue weighted by atomic mass is 10.2. The van der Waals surface area contributed by atoms with Crippen molar-refractivity contribution in [3.05, 3.63) is 163 Å². The quantitative estimate of drug-likeness (QED) is 0.163. The predicted molar refractivity (Wildman–Crippen MR) is 156 cm³/mol. The Morgan fingerprint density at radius 2 is 1.03 bits per heavy atom. The Morgan fingerprint density at radius 3 is 1.47 bits per heavy atom. The molecule has 4 aromatic rings. The van der Waals surface area contributed by atoms with Gasteiger partial charge >= 0.3 is 0 Å². The van der Waals surface area contributed by atoms with Crippen molar-refractivity contribution in [2.75, 3.05) is 0 Å². The smallest absolute Gasteiger partial charge is 0.147 e. The molecule has 0 N–H and O–H groups in total. The molecule has 0 radical (unpaired) electrons. The molecule has 0 aromatic heterocycles. The molecule has 36 heavy (non-hydrogen) atoms. The van der Waals surface area contributed by atoms with Crippen LogP contribution in [0.3, 0.4) is 0 Å². The average Bonchev–Trinajstić information content (AvgIpc) is 2.94. The van der Waals surface area contributed by atoms with E-state index in [9.17, 15) is 9.13 Å². The number of hydrogen-bond donors (Lipinski definition) is 0. The highest BCUT2D eigenvalue weighted by Crippen LogP contribution is 2.55. The van der Waals surface area contributed by atoms with Crippen LogP contribution in [-0.2, 0) is 21.5 Å². The van der Waals surface area contributed by atoms with E-state index in [0.717, 1.165) is 27.0 Å². The van der Waals surface area contributed by atoms with Crippen LogP contribution in [-0.4, -0.2) is 0 Å². The van der Waals surface area contributed by atoms with Crippen molar-refractivity contribution in [2.45, 2.75) is 12.3 Å². The highest BCUT2D eigenvalue weighted by Gasteiger charge is 2.29. The van der Waals surface area contributed by atoms with Gasteiger partial charge in [0.1, 0.15) is 14.3 Å². The first-order valence-corrected chi connectivity index (χ1v) is 15.7. The van der Waals surface area contributed by atoms with Crippen LogP contribution in [0.2, 0.25) is 0 Å². The summed E-state index contributed by atoms with van der Waals surface area (Å²) in [7, 11) is -5.82. The van der Waals surface area contributed by atoms with Gasteiger partial charge in [-0.25, -0.2) is 0 Å². The maximum absolute atomic E-state index is 14.4. The van der Waals surface area contributed by atoms with Crippen LogP contribution in [0.25, 0.3) is 0 Å². The molecule has 0 heterocycles. The van der Waals surface area contributed by atoms with E-state index in [-0.39, 0.29) is 0 Å². The van der Waals surface area contributed by atoms with Crippen LogP contribution in [0, 0.1) is 0 Å². The Bertz CT molecular complexity index is 1400. The van der Waals surface area contributed by atoms with E-state index in [1.165, 1.54) is 0 Å². The summed E-state index contributed by atoms with van der Waals surface area (Å²) >= 11 is 0. The van der Waals surface area contributed by atoms with Gasteiger partial charge in [0.25, 0.3) is 0 Å². The molecule has 4 heteroatoms. The summed E-state index contributed by atoms with van der Waals surface area (Å²) in [4.78, 5) is 0. The maximum Gasteiger partial charge on any atom is 0.147 e. The molecule has 0 saturated heterocycles. The van der Waals surface area contributed by atoms with Gasteiger partial charge in [-0.05, 0) is 11.1 Å². The lowest BCUT2D eigenvalue weighted by molar-refractivity contribution is 0.584. The van der Waals surface area contributed by atoms with Gasteiger partial charge in [0.2, 0.25) is 0 Å². The molecule has 4 aromatic carbocycles. The van der Waals surface area contributed by atoms with Crippen molar-refractivity contribution >= 4 is 30.2 Å². The first-order valence-electron chi connectivity index (χ1n) is 11.9. The summed E-state index contributed by atoms with van der Waals surface area (Å²) in [5, 5.41) is 3.07. The lowest BCUT2D eigenvalue weighted by Crippen LogP contribution is -2.17. The van der Waals surface area contributed by atoms with Gasteiger partial charge in [0.15, 0.2) is 0 Å². The van der Waals surface area contributed by atoms with E-state index in [1.54, 1.807) is 18.2 Å². The second kappa shape index (κ2) is 11.5. The topological polar surface area (TPSA) is 34.1 Å². The molecule has 0 saturated carbocycles. The summed E-state index contributed by atoms with van der Waals surface area (Å²) in [6.07, 6.45) is 6.00. The largest absolute Gasteiger partial charge is 0.313 e. The third-order valence-corrected chi connectivity index (χ3v) is 12.3. The van der Waals surface area contributed by atoms with Crippen molar-refractivity contribution < 1.29 is 9.13 Å². The Morgan fingerprint density at radius 1 is 0.611 bits per heavy atom. The molecule has 0 amide bonds. The molecular weight excluding hydrogens is 478 g/mol. The van der Waals surface area contributed by atoms with E-state index in [0.29, 0.717) is 17.6 Å². The Hall–Kier alpha value is -3.44. The van der Waals surface area contributed by atoms with Gasteiger partial charge in [-0.1, -0.05) is 147 Å². The second-order valence-electron chi connectivity index (χ2n) is 8.70. The monoisotopic (exact) mass is 508 g/mol. The normalized spacial score (nSPS) is 13.2. The molecule has 0 fully saturated rings. The van der Waals surface area contributed by atoms with Gasteiger partial charge in [-0.3, -0.25) is 0 Å². The molecule has 4 rings (SSSR count). The number of hydrogen-bond acceptors (Lipinski definition) is 2. The van der Waals surface area contributed by atoms with Gasteiger partial charge in [-0.15, -0.1) is 0 Å². The van der Waals surface area contributed by atoms with Crippen molar-refractivity contribution in [1.29, 1.82) is 0 Å². The fraction of sp³-hybridized carbons (Fsp3) is 0.0625. The number of benzene rings is 4. The van der Waals surface area contributed by atoms with Gasteiger partial charge < -0.3 is 9.13 Å². The molecule has 0 aliphatic rings. The zero-order chi connectivity index (χ0) is 25.4. The van der Waals surface area contributed by atoms with E-state index >= 15 is 0 Å². The van der Waals surface area contributed by atoms with E-state index < -0.39 is 14.3 Å². The molecule has 0 spiro atoms. The SMILES string of the molecule is C=C/C=C\C(=C)P(=O)(Cc1ccc(CP(=O)(c2ccccc2)c2ccccc2)cc1)c1ccccc1. The van der Waals surface area contributed by atoms with Crippen molar-refractivity contribution in [1.82, 2.24) is 0 Å². The highest BCUT2D eigenvalue weighted by atomic mass is 31.2. The molecule has 0 bridgehead atoms. The molecule has 180 valence electrons. The minimum Gasteiger partial charge on any atom is -0.313 e. The highest BCUT2D eigenvalue weighted by molar-refractivity contribution is 7.78. The van der Waals surface area contributed by atoms with E-state index in [1.807, 2.05) is 115 Å². The van der Waals surface area contributed by atoms with Crippen molar-refractivity contribution in [3.63, 3.8) is 0 Å². The van der Waals surface area contributed by atoms with Crippen LogP contribution in [0.5, 0.6) is 0 Å². The van der Waals surface area contributed by atoms with Crippen LogP contribution < -0.4 is 15.9 Å². The second-order valence-corrected chi connectivity index (χ2v) is 14.4. The number of rotatable bonds is 10. The minimum absolute atomic E-state index is 0.368. The fourth-order valence-corrected chi connectivity index (χ4v) is 9.38. The van der Waals surface area contributed by atoms with Crippen molar-refractivity contribution in [3.8, 4) is 0 Å². The predicted octanol–water partition coefficient (Wildman–Crippen LogP) is 7.65. The molecule has 0 aliphatic heterocycles. The van der Waals surface area contributed by atoms with Crippen LogP contribution in [0.15, 0.2) is 152 Å². The third kappa shape index (κ3) is 5.68. The van der Waals surface area contributed by atoms with Crippen LogP contribution >= 0.6 is 14.3 Å². The summed E-state index contributed by atoms with van der Waals surface area (Å²) in [6.45, 7) is 7.85. The van der Waals surface area contributed by atoms with E-state index in [2.05, 4.69) is 13.2 Å². The van der Waals surface area contributed by atoms with Gasteiger partial charge in [0, 0.05) is 33.6 Å². The average molecular weight is 509 g/mol. The molecule has 1 unspecified atom stereocenters. The first-order chi connectivity index (χ1) is 17.5. The summed E-state index contributed by atoms with van der Waals surface area (Å²) in [5.41, 5.74) is 1.93.